The monoisotopic (exact) mass is 411 g/mol. The van der Waals surface area contributed by atoms with Crippen LogP contribution in [0.15, 0.2) is 46.6 Å². The molecule has 0 radical (unpaired) electrons. The van der Waals surface area contributed by atoms with Gasteiger partial charge >= 0.3 is 0 Å². The van der Waals surface area contributed by atoms with Crippen molar-refractivity contribution in [1.82, 2.24) is 15.1 Å². The molecule has 0 saturated heterocycles. The summed E-state index contributed by atoms with van der Waals surface area (Å²) < 4.78 is 6.53. The van der Waals surface area contributed by atoms with Gasteiger partial charge in [0.15, 0.2) is 0 Å². The zero-order chi connectivity index (χ0) is 20.3. The molecule has 2 heterocycles. The summed E-state index contributed by atoms with van der Waals surface area (Å²) in [6.45, 7) is 1.07. The van der Waals surface area contributed by atoms with E-state index in [4.69, 9.17) is 4.74 Å². The fourth-order valence-electron chi connectivity index (χ4n) is 4.21. The minimum absolute atomic E-state index is 0.0537. The van der Waals surface area contributed by atoms with E-state index in [2.05, 4.69) is 16.5 Å². The molecule has 6 nitrogen and oxygen atoms in total. The molecule has 1 amide bonds. The number of carbonyl (C=O) groups is 1. The first-order valence-electron chi connectivity index (χ1n) is 9.96. The lowest BCUT2D eigenvalue weighted by atomic mass is 9.83. The summed E-state index contributed by atoms with van der Waals surface area (Å²) in [6.07, 6.45) is 3.88. The minimum atomic E-state index is -0.436. The molecule has 152 valence electrons. The van der Waals surface area contributed by atoms with Crippen LogP contribution in [0.4, 0.5) is 0 Å². The average Bonchev–Trinajstić information content (AvgIpc) is 3.45. The van der Waals surface area contributed by atoms with E-state index in [-0.39, 0.29) is 11.5 Å². The molecular formula is C22H25N3O3S. The van der Waals surface area contributed by atoms with E-state index in [0.717, 1.165) is 35.9 Å². The lowest BCUT2D eigenvalue weighted by Crippen LogP contribution is -2.42. The zero-order valence-electron chi connectivity index (χ0n) is 16.5. The lowest BCUT2D eigenvalue weighted by Gasteiger charge is -2.26. The SMILES string of the molecule is COCCn1nc(CNC(=O)C2(c3cccs3)CCCC2)c2ccccc2c1=O. The summed E-state index contributed by atoms with van der Waals surface area (Å²) in [6, 6.07) is 11.5. The lowest BCUT2D eigenvalue weighted by molar-refractivity contribution is -0.126. The highest BCUT2D eigenvalue weighted by Gasteiger charge is 2.43. The van der Waals surface area contributed by atoms with Crippen molar-refractivity contribution < 1.29 is 9.53 Å². The second-order valence-corrected chi connectivity index (χ2v) is 8.41. The molecule has 0 aliphatic heterocycles. The summed E-state index contributed by atoms with van der Waals surface area (Å²) in [5, 5.41) is 11.1. The molecule has 1 aliphatic carbocycles. The molecule has 1 N–H and O–H groups in total. The average molecular weight is 412 g/mol. The number of carbonyl (C=O) groups excluding carboxylic acids is 1. The first-order valence-corrected chi connectivity index (χ1v) is 10.8. The molecule has 0 bridgehead atoms. The number of nitrogens with one attached hydrogen (secondary N) is 1. The van der Waals surface area contributed by atoms with Crippen LogP contribution in [0.1, 0.15) is 36.3 Å². The summed E-state index contributed by atoms with van der Waals surface area (Å²) in [5.41, 5.74) is 0.122. The smallest absolute Gasteiger partial charge is 0.274 e. The Balaban J connectivity index is 1.63. The molecule has 0 unspecified atom stereocenters. The number of benzene rings is 1. The quantitative estimate of drug-likeness (QED) is 0.648. The van der Waals surface area contributed by atoms with Crippen LogP contribution in [0, 0.1) is 0 Å². The Morgan fingerprint density at radius 3 is 2.66 bits per heavy atom. The van der Waals surface area contributed by atoms with Gasteiger partial charge in [0.2, 0.25) is 5.91 Å². The number of hydrogen-bond donors (Lipinski definition) is 1. The van der Waals surface area contributed by atoms with Crippen molar-refractivity contribution in [2.45, 2.75) is 44.2 Å². The van der Waals surface area contributed by atoms with Gasteiger partial charge in [-0.3, -0.25) is 9.59 Å². The van der Waals surface area contributed by atoms with Gasteiger partial charge in [0.05, 0.1) is 36.2 Å². The number of nitrogens with zero attached hydrogens (tertiary/aromatic N) is 2. The maximum absolute atomic E-state index is 13.3. The van der Waals surface area contributed by atoms with Crippen molar-refractivity contribution in [3.05, 3.63) is 62.7 Å². The molecular weight excluding hydrogens is 386 g/mol. The molecule has 3 aromatic rings. The normalized spacial score (nSPS) is 15.6. The van der Waals surface area contributed by atoms with E-state index in [1.165, 1.54) is 4.68 Å². The van der Waals surface area contributed by atoms with Crippen LogP contribution in [0.3, 0.4) is 0 Å². The largest absolute Gasteiger partial charge is 0.383 e. The second kappa shape index (κ2) is 8.47. The van der Waals surface area contributed by atoms with E-state index < -0.39 is 5.41 Å². The maximum atomic E-state index is 13.3. The fourth-order valence-corrected chi connectivity index (χ4v) is 5.20. The van der Waals surface area contributed by atoms with Gasteiger partial charge < -0.3 is 10.1 Å². The summed E-state index contributed by atoms with van der Waals surface area (Å²) in [4.78, 5) is 27.1. The Morgan fingerprint density at radius 1 is 1.21 bits per heavy atom. The predicted molar refractivity (Wildman–Crippen MR) is 114 cm³/mol. The van der Waals surface area contributed by atoms with Gasteiger partial charge in [0.1, 0.15) is 0 Å². The molecule has 7 heteroatoms. The van der Waals surface area contributed by atoms with Crippen molar-refractivity contribution in [2.75, 3.05) is 13.7 Å². The van der Waals surface area contributed by atoms with Crippen molar-refractivity contribution in [3.8, 4) is 0 Å². The van der Waals surface area contributed by atoms with Gasteiger partial charge in [-0.25, -0.2) is 4.68 Å². The Labute approximate surface area is 173 Å². The Morgan fingerprint density at radius 2 is 1.97 bits per heavy atom. The zero-order valence-corrected chi connectivity index (χ0v) is 17.3. The number of thiophene rings is 1. The summed E-state index contributed by atoms with van der Waals surface area (Å²) >= 11 is 1.65. The van der Waals surface area contributed by atoms with Gasteiger partial charge in [-0.2, -0.15) is 5.10 Å². The van der Waals surface area contributed by atoms with Crippen molar-refractivity contribution in [3.63, 3.8) is 0 Å². The van der Waals surface area contributed by atoms with Crippen molar-refractivity contribution in [2.24, 2.45) is 0 Å². The van der Waals surface area contributed by atoms with E-state index in [1.807, 2.05) is 29.6 Å². The highest BCUT2D eigenvalue weighted by atomic mass is 32.1. The molecule has 1 aromatic carbocycles. The predicted octanol–water partition coefficient (Wildman–Crippen LogP) is 3.23. The third kappa shape index (κ3) is 3.72. The molecule has 0 spiro atoms. The Bertz CT molecular complexity index is 1050. The number of hydrogen-bond acceptors (Lipinski definition) is 5. The third-order valence-electron chi connectivity index (χ3n) is 5.75. The number of aromatic nitrogens is 2. The van der Waals surface area contributed by atoms with Crippen LogP contribution < -0.4 is 10.9 Å². The Hall–Kier alpha value is -2.51. The number of ether oxygens (including phenoxy) is 1. The summed E-state index contributed by atoms with van der Waals surface area (Å²) in [7, 11) is 1.60. The molecule has 1 saturated carbocycles. The van der Waals surface area contributed by atoms with Gasteiger partial charge in [0, 0.05) is 17.4 Å². The van der Waals surface area contributed by atoms with Crippen LogP contribution >= 0.6 is 11.3 Å². The van der Waals surface area contributed by atoms with E-state index in [1.54, 1.807) is 24.5 Å². The molecule has 2 aromatic heterocycles. The topological polar surface area (TPSA) is 73.2 Å². The van der Waals surface area contributed by atoms with Crippen molar-refractivity contribution in [1.29, 1.82) is 0 Å². The van der Waals surface area contributed by atoms with Gasteiger partial charge in [-0.15, -0.1) is 11.3 Å². The van der Waals surface area contributed by atoms with E-state index >= 15 is 0 Å². The van der Waals surface area contributed by atoms with E-state index in [0.29, 0.717) is 30.8 Å². The van der Waals surface area contributed by atoms with Crippen LogP contribution in [-0.2, 0) is 28.0 Å². The first kappa shape index (κ1) is 19.8. The number of fused-ring (bicyclic) bond motifs is 1. The fraction of sp³-hybridized carbons (Fsp3) is 0.409. The maximum Gasteiger partial charge on any atom is 0.274 e. The van der Waals surface area contributed by atoms with Crippen LogP contribution in [0.2, 0.25) is 0 Å². The summed E-state index contributed by atoms with van der Waals surface area (Å²) in [5.74, 6) is 0.0537. The minimum Gasteiger partial charge on any atom is -0.383 e. The van der Waals surface area contributed by atoms with Crippen LogP contribution in [-0.4, -0.2) is 29.4 Å². The highest BCUT2D eigenvalue weighted by Crippen LogP contribution is 2.43. The van der Waals surface area contributed by atoms with Crippen LogP contribution in [0.25, 0.3) is 10.8 Å². The second-order valence-electron chi connectivity index (χ2n) is 7.46. The standard InChI is InChI=1S/C22H25N3O3S/c1-28-13-12-25-20(26)17-8-3-2-7-16(17)18(24-25)15-23-21(27)22(10-4-5-11-22)19-9-6-14-29-19/h2-3,6-9,14H,4-5,10-13,15H2,1H3,(H,23,27). The van der Waals surface area contributed by atoms with E-state index in [9.17, 15) is 9.59 Å². The first-order chi connectivity index (χ1) is 14.2. The number of methoxy groups -OCH3 is 1. The van der Waals surface area contributed by atoms with Gasteiger partial charge in [-0.05, 0) is 30.4 Å². The van der Waals surface area contributed by atoms with Gasteiger partial charge in [0.25, 0.3) is 5.56 Å². The third-order valence-corrected chi connectivity index (χ3v) is 6.83. The molecule has 0 atom stereocenters. The molecule has 1 fully saturated rings. The molecule has 4 rings (SSSR count). The molecule has 1 aliphatic rings. The van der Waals surface area contributed by atoms with Crippen molar-refractivity contribution >= 4 is 28.0 Å². The number of amides is 1. The number of rotatable bonds is 7. The van der Waals surface area contributed by atoms with Crippen LogP contribution in [0.5, 0.6) is 0 Å². The van der Waals surface area contributed by atoms with Gasteiger partial charge in [-0.1, -0.05) is 37.1 Å². The molecule has 29 heavy (non-hydrogen) atoms. The highest BCUT2D eigenvalue weighted by molar-refractivity contribution is 7.10. The Kier molecular flexibility index (Phi) is 5.78.